The van der Waals surface area contributed by atoms with Crippen molar-refractivity contribution in [2.24, 2.45) is 5.92 Å². The maximum atomic E-state index is 12.4. The molecule has 2 N–H and O–H groups in total. The Labute approximate surface area is 139 Å². The second kappa shape index (κ2) is 7.63. The van der Waals surface area contributed by atoms with Gasteiger partial charge >= 0.3 is 0 Å². The van der Waals surface area contributed by atoms with Crippen LogP contribution in [-0.4, -0.2) is 11.0 Å². The van der Waals surface area contributed by atoms with E-state index in [1.54, 1.807) is 0 Å². The quantitative estimate of drug-likeness (QED) is 0.862. The number of amides is 1. The molecule has 5 heteroatoms. The zero-order chi connectivity index (χ0) is 16.1. The molecular weight excluding hydrogens is 321 g/mol. The molecular formula is C17H17Cl2NO2. The van der Waals surface area contributed by atoms with Crippen molar-refractivity contribution < 1.29 is 9.90 Å². The first kappa shape index (κ1) is 16.8. The summed E-state index contributed by atoms with van der Waals surface area (Å²) in [5, 5.41) is 12.3. The SMILES string of the molecule is CCC1C=CC=C(NC(=O)c2c(Cl)cc(CO)cc2Cl)C=C1. The van der Waals surface area contributed by atoms with Crippen LogP contribution in [-0.2, 0) is 6.61 Å². The van der Waals surface area contributed by atoms with E-state index >= 15 is 0 Å². The number of carbonyl (C=O) groups is 1. The molecule has 0 fully saturated rings. The fourth-order valence-corrected chi connectivity index (χ4v) is 2.84. The van der Waals surface area contributed by atoms with Gasteiger partial charge in [0.05, 0.1) is 22.2 Å². The molecule has 0 saturated carbocycles. The van der Waals surface area contributed by atoms with Crippen LogP contribution >= 0.6 is 23.2 Å². The molecule has 22 heavy (non-hydrogen) atoms. The normalized spacial score (nSPS) is 17.1. The number of rotatable bonds is 4. The number of benzene rings is 1. The van der Waals surface area contributed by atoms with E-state index in [4.69, 9.17) is 28.3 Å². The van der Waals surface area contributed by atoms with Crippen molar-refractivity contribution in [2.75, 3.05) is 0 Å². The Hall–Kier alpha value is -1.55. The highest BCUT2D eigenvalue weighted by Gasteiger charge is 2.16. The van der Waals surface area contributed by atoms with E-state index in [9.17, 15) is 4.79 Å². The number of halogens is 2. The number of nitrogens with one attached hydrogen (secondary N) is 1. The van der Waals surface area contributed by atoms with E-state index in [1.807, 2.05) is 24.3 Å². The molecule has 0 bridgehead atoms. The standard InChI is InChI=1S/C17H17Cl2NO2/c1-2-11-4-3-5-13(7-6-11)20-17(22)16-14(18)8-12(10-21)9-15(16)19/h3-9,11,21H,2,10H2,1H3,(H,20,22). The fourth-order valence-electron chi connectivity index (χ4n) is 2.13. The van der Waals surface area contributed by atoms with Crippen LogP contribution < -0.4 is 5.32 Å². The molecule has 0 saturated heterocycles. The lowest BCUT2D eigenvalue weighted by atomic mass is 10.1. The van der Waals surface area contributed by atoms with E-state index in [0.717, 1.165) is 6.42 Å². The van der Waals surface area contributed by atoms with Crippen molar-refractivity contribution in [1.82, 2.24) is 5.32 Å². The second-order valence-corrected chi connectivity index (χ2v) is 5.80. The van der Waals surface area contributed by atoms with Crippen LogP contribution in [0.1, 0.15) is 29.3 Å². The van der Waals surface area contributed by atoms with Gasteiger partial charge in [-0.3, -0.25) is 4.79 Å². The van der Waals surface area contributed by atoms with E-state index in [0.29, 0.717) is 17.2 Å². The predicted octanol–water partition coefficient (Wildman–Crippen LogP) is 4.25. The minimum atomic E-state index is -0.376. The molecule has 0 aromatic heterocycles. The lowest BCUT2D eigenvalue weighted by Gasteiger charge is -2.10. The van der Waals surface area contributed by atoms with Crippen molar-refractivity contribution in [1.29, 1.82) is 0 Å². The van der Waals surface area contributed by atoms with Gasteiger partial charge in [-0.25, -0.2) is 0 Å². The minimum absolute atomic E-state index is 0.182. The van der Waals surface area contributed by atoms with Crippen LogP contribution in [0.5, 0.6) is 0 Å². The third-order valence-electron chi connectivity index (χ3n) is 3.40. The van der Waals surface area contributed by atoms with Crippen LogP contribution in [0.15, 0.2) is 48.2 Å². The summed E-state index contributed by atoms with van der Waals surface area (Å²) < 4.78 is 0. The summed E-state index contributed by atoms with van der Waals surface area (Å²) in [7, 11) is 0. The molecule has 0 radical (unpaired) electrons. The van der Waals surface area contributed by atoms with Crippen LogP contribution in [0.4, 0.5) is 0 Å². The van der Waals surface area contributed by atoms with E-state index < -0.39 is 0 Å². The highest BCUT2D eigenvalue weighted by atomic mass is 35.5. The highest BCUT2D eigenvalue weighted by molar-refractivity contribution is 6.39. The number of carbonyl (C=O) groups excluding carboxylic acids is 1. The van der Waals surface area contributed by atoms with Gasteiger partial charge in [0.25, 0.3) is 5.91 Å². The van der Waals surface area contributed by atoms with Gasteiger partial charge in [0.2, 0.25) is 0 Å². The van der Waals surface area contributed by atoms with Crippen molar-refractivity contribution in [3.05, 3.63) is 69.4 Å². The monoisotopic (exact) mass is 337 g/mol. The first-order valence-corrected chi connectivity index (χ1v) is 7.77. The first-order valence-electron chi connectivity index (χ1n) is 7.02. The molecule has 1 aliphatic rings. The molecule has 2 rings (SSSR count). The Morgan fingerprint density at radius 1 is 1.27 bits per heavy atom. The molecule has 1 aliphatic carbocycles. The fraction of sp³-hybridized carbons (Fsp3) is 0.235. The van der Waals surface area contributed by atoms with Gasteiger partial charge in [0.1, 0.15) is 0 Å². The summed E-state index contributed by atoms with van der Waals surface area (Å²) >= 11 is 12.2. The predicted molar refractivity (Wildman–Crippen MR) is 90.0 cm³/mol. The molecule has 1 aromatic rings. The van der Waals surface area contributed by atoms with Crippen molar-refractivity contribution in [3.8, 4) is 0 Å². The first-order chi connectivity index (χ1) is 10.5. The van der Waals surface area contributed by atoms with Gasteiger partial charge in [0, 0.05) is 5.70 Å². The number of aliphatic hydroxyl groups excluding tert-OH is 1. The van der Waals surface area contributed by atoms with Crippen LogP contribution in [0.25, 0.3) is 0 Å². The summed E-state index contributed by atoms with van der Waals surface area (Å²) in [6.07, 6.45) is 10.7. The number of allylic oxidation sites excluding steroid dienone is 5. The van der Waals surface area contributed by atoms with Gasteiger partial charge in [-0.1, -0.05) is 48.4 Å². The van der Waals surface area contributed by atoms with Gasteiger partial charge < -0.3 is 10.4 Å². The second-order valence-electron chi connectivity index (χ2n) is 4.98. The van der Waals surface area contributed by atoms with E-state index in [1.165, 1.54) is 12.1 Å². The molecule has 0 aliphatic heterocycles. The summed E-state index contributed by atoms with van der Waals surface area (Å²) in [5.41, 5.74) is 1.44. The maximum absolute atomic E-state index is 12.4. The zero-order valence-corrected chi connectivity index (χ0v) is 13.7. The smallest absolute Gasteiger partial charge is 0.258 e. The molecule has 1 atom stereocenters. The summed E-state index contributed by atoms with van der Waals surface area (Å²) in [4.78, 5) is 12.4. The van der Waals surface area contributed by atoms with Gasteiger partial charge in [-0.2, -0.15) is 0 Å². The Morgan fingerprint density at radius 3 is 2.55 bits per heavy atom. The third kappa shape index (κ3) is 4.01. The molecule has 1 unspecified atom stereocenters. The number of hydrogen-bond donors (Lipinski definition) is 2. The summed E-state index contributed by atoms with van der Waals surface area (Å²) in [6, 6.07) is 3.07. The lowest BCUT2D eigenvalue weighted by molar-refractivity contribution is 0.0967. The van der Waals surface area contributed by atoms with Gasteiger partial charge in [-0.05, 0) is 42.2 Å². The highest BCUT2D eigenvalue weighted by Crippen LogP contribution is 2.27. The largest absolute Gasteiger partial charge is 0.392 e. The average molecular weight is 338 g/mol. The Balaban J connectivity index is 2.20. The lowest BCUT2D eigenvalue weighted by Crippen LogP contribution is -2.22. The molecule has 1 aromatic carbocycles. The van der Waals surface area contributed by atoms with Gasteiger partial charge in [-0.15, -0.1) is 0 Å². The molecule has 1 amide bonds. The minimum Gasteiger partial charge on any atom is -0.392 e. The number of aliphatic hydroxyl groups is 1. The van der Waals surface area contributed by atoms with E-state index in [2.05, 4.69) is 18.3 Å². The Morgan fingerprint density at radius 2 is 1.95 bits per heavy atom. The van der Waals surface area contributed by atoms with Crippen molar-refractivity contribution >= 4 is 29.1 Å². The molecule has 0 heterocycles. The molecule has 0 spiro atoms. The van der Waals surface area contributed by atoms with Crippen LogP contribution in [0, 0.1) is 5.92 Å². The van der Waals surface area contributed by atoms with E-state index in [-0.39, 0.29) is 28.1 Å². The number of hydrogen-bond acceptors (Lipinski definition) is 2. The summed E-state index contributed by atoms with van der Waals surface area (Å²) in [5.74, 6) is -0.0135. The average Bonchev–Trinajstić information content (AvgIpc) is 2.71. The van der Waals surface area contributed by atoms with Crippen molar-refractivity contribution in [2.45, 2.75) is 20.0 Å². The van der Waals surface area contributed by atoms with Crippen molar-refractivity contribution in [3.63, 3.8) is 0 Å². The molecule has 116 valence electrons. The third-order valence-corrected chi connectivity index (χ3v) is 3.99. The van der Waals surface area contributed by atoms with Crippen LogP contribution in [0.2, 0.25) is 10.0 Å². The van der Waals surface area contributed by atoms with Gasteiger partial charge in [0.15, 0.2) is 0 Å². The topological polar surface area (TPSA) is 49.3 Å². The zero-order valence-electron chi connectivity index (χ0n) is 12.1. The Kier molecular flexibility index (Phi) is 5.83. The molecule has 3 nitrogen and oxygen atoms in total. The van der Waals surface area contributed by atoms with Crippen LogP contribution in [0.3, 0.4) is 0 Å². The Bertz CT molecular complexity index is 640. The maximum Gasteiger partial charge on any atom is 0.258 e. The summed E-state index contributed by atoms with van der Waals surface area (Å²) in [6.45, 7) is 1.92.